The number of carboxylic acid groups (broad SMARTS) is 2. The maximum atomic E-state index is 9.10. The molecule has 4 rings (SSSR count). The Morgan fingerprint density at radius 2 is 1.95 bits per heavy atom. The molecule has 1 aromatic rings. The highest BCUT2D eigenvalue weighted by molar-refractivity contribution is 6.27. The second kappa shape index (κ2) is 6.50. The summed E-state index contributed by atoms with van der Waals surface area (Å²) < 4.78 is 2.22. The van der Waals surface area contributed by atoms with E-state index in [0.717, 1.165) is 24.3 Å². The van der Waals surface area contributed by atoms with Crippen LogP contribution in [-0.4, -0.2) is 31.7 Å². The quantitative estimate of drug-likeness (QED) is 0.837. The van der Waals surface area contributed by atoms with Crippen LogP contribution in [0.2, 0.25) is 0 Å². The van der Waals surface area contributed by atoms with E-state index in [2.05, 4.69) is 29.6 Å². The third-order valence-electron chi connectivity index (χ3n) is 5.50. The zero-order valence-corrected chi connectivity index (χ0v) is 13.1. The van der Waals surface area contributed by atoms with E-state index < -0.39 is 11.9 Å². The second-order valence-electron chi connectivity index (χ2n) is 6.90. The van der Waals surface area contributed by atoms with Gasteiger partial charge in [0.1, 0.15) is 0 Å². The van der Waals surface area contributed by atoms with Gasteiger partial charge in [-0.15, -0.1) is 0 Å². The fraction of sp³-hybridized carbons (Fsp3) is 0.688. The van der Waals surface area contributed by atoms with E-state index in [4.69, 9.17) is 19.8 Å². The van der Waals surface area contributed by atoms with E-state index in [1.54, 1.807) is 0 Å². The second-order valence-corrected chi connectivity index (χ2v) is 6.90. The van der Waals surface area contributed by atoms with E-state index in [-0.39, 0.29) is 0 Å². The molecule has 3 aliphatic rings. The molecule has 3 saturated carbocycles. The van der Waals surface area contributed by atoms with Crippen LogP contribution in [0.25, 0.3) is 0 Å². The first-order valence-corrected chi connectivity index (χ1v) is 7.74. The smallest absolute Gasteiger partial charge is 0.414 e. The molecule has 3 aliphatic carbocycles. The Balaban J connectivity index is 0.000000254. The monoisotopic (exact) mass is 308 g/mol. The van der Waals surface area contributed by atoms with Gasteiger partial charge in [-0.3, -0.25) is 0 Å². The number of imidazole rings is 1. The van der Waals surface area contributed by atoms with Crippen LogP contribution in [0.1, 0.15) is 39.5 Å². The summed E-state index contributed by atoms with van der Waals surface area (Å²) >= 11 is 0. The Morgan fingerprint density at radius 1 is 1.27 bits per heavy atom. The largest absolute Gasteiger partial charge is 0.473 e. The highest BCUT2D eigenvalue weighted by atomic mass is 16.4. The van der Waals surface area contributed by atoms with Crippen LogP contribution < -0.4 is 0 Å². The van der Waals surface area contributed by atoms with E-state index in [1.165, 1.54) is 25.7 Å². The van der Waals surface area contributed by atoms with Crippen molar-refractivity contribution in [2.75, 3.05) is 0 Å². The number of aromatic nitrogens is 2. The number of fused-ring (bicyclic) bond motifs is 2. The first-order valence-electron chi connectivity index (χ1n) is 7.74. The lowest BCUT2D eigenvalue weighted by atomic mass is 9.45. The Bertz CT molecular complexity index is 510. The maximum Gasteiger partial charge on any atom is 0.414 e. The Hall–Kier alpha value is -1.85. The van der Waals surface area contributed by atoms with Gasteiger partial charge in [-0.05, 0) is 48.9 Å². The SMILES string of the molecule is CC1(C)C2CCC(CCn3ccnc3)C1C2.O=C(O)C(=O)O. The van der Waals surface area contributed by atoms with Gasteiger partial charge >= 0.3 is 11.9 Å². The van der Waals surface area contributed by atoms with Crippen LogP contribution in [0.4, 0.5) is 0 Å². The van der Waals surface area contributed by atoms with E-state index in [9.17, 15) is 0 Å². The van der Waals surface area contributed by atoms with Crippen LogP contribution in [-0.2, 0) is 16.1 Å². The lowest BCUT2D eigenvalue weighted by Crippen LogP contribution is -2.52. The summed E-state index contributed by atoms with van der Waals surface area (Å²) in [5.41, 5.74) is 0.637. The van der Waals surface area contributed by atoms with Gasteiger partial charge in [-0.1, -0.05) is 13.8 Å². The molecular weight excluding hydrogens is 284 g/mol. The number of carboxylic acids is 2. The average Bonchev–Trinajstić information content (AvgIpc) is 2.99. The molecule has 0 radical (unpaired) electrons. The minimum Gasteiger partial charge on any atom is -0.473 e. The summed E-state index contributed by atoms with van der Waals surface area (Å²) in [6.07, 6.45) is 11.7. The minimum atomic E-state index is -1.82. The summed E-state index contributed by atoms with van der Waals surface area (Å²) in [4.78, 5) is 22.3. The van der Waals surface area contributed by atoms with Crippen molar-refractivity contribution < 1.29 is 19.8 Å². The highest BCUT2D eigenvalue weighted by Gasteiger charge is 2.53. The third kappa shape index (κ3) is 3.48. The molecule has 0 amide bonds. The predicted octanol–water partition coefficient (Wildman–Crippen LogP) is 2.50. The zero-order valence-electron chi connectivity index (χ0n) is 13.1. The number of hydrogen-bond acceptors (Lipinski definition) is 3. The van der Waals surface area contributed by atoms with Gasteiger partial charge in [0.2, 0.25) is 0 Å². The third-order valence-corrected chi connectivity index (χ3v) is 5.50. The molecule has 1 heterocycles. The normalized spacial score (nSPS) is 28.0. The van der Waals surface area contributed by atoms with Gasteiger partial charge in [0.05, 0.1) is 6.33 Å². The van der Waals surface area contributed by atoms with Crippen molar-refractivity contribution in [3.05, 3.63) is 18.7 Å². The van der Waals surface area contributed by atoms with Crippen LogP contribution in [0.3, 0.4) is 0 Å². The summed E-state index contributed by atoms with van der Waals surface area (Å²) in [5.74, 6) is -0.663. The number of nitrogens with zero attached hydrogens (tertiary/aromatic N) is 2. The summed E-state index contributed by atoms with van der Waals surface area (Å²) in [5, 5.41) is 14.8. The molecular formula is C16H24N2O4. The molecule has 1 aromatic heterocycles. The predicted molar refractivity (Wildman–Crippen MR) is 80.2 cm³/mol. The molecule has 3 unspecified atom stereocenters. The van der Waals surface area contributed by atoms with E-state index in [0.29, 0.717) is 5.41 Å². The molecule has 0 saturated heterocycles. The lowest BCUT2D eigenvalue weighted by Gasteiger charge is -2.60. The highest BCUT2D eigenvalue weighted by Crippen LogP contribution is 2.61. The first-order chi connectivity index (χ1) is 10.3. The standard InChI is InChI=1S/C14H22N2.C2H2O4/c1-14(2)12-4-3-11(13(14)9-12)5-7-16-8-6-15-10-16;3-1(4)2(5)6/h6,8,10-13H,3-5,7,9H2,1-2H3;(H,3,4)(H,5,6). The van der Waals surface area contributed by atoms with Crippen molar-refractivity contribution in [3.63, 3.8) is 0 Å². The van der Waals surface area contributed by atoms with Gasteiger partial charge in [0.25, 0.3) is 0 Å². The van der Waals surface area contributed by atoms with Crippen molar-refractivity contribution >= 4 is 11.9 Å². The molecule has 0 aromatic carbocycles. The van der Waals surface area contributed by atoms with Gasteiger partial charge in [-0.25, -0.2) is 14.6 Å². The van der Waals surface area contributed by atoms with Gasteiger partial charge in [0.15, 0.2) is 0 Å². The van der Waals surface area contributed by atoms with Crippen molar-refractivity contribution in [1.82, 2.24) is 9.55 Å². The number of carbonyl (C=O) groups is 2. The number of aryl methyl sites for hydroxylation is 1. The molecule has 3 atom stereocenters. The molecule has 2 N–H and O–H groups in total. The fourth-order valence-electron chi connectivity index (χ4n) is 4.04. The Labute approximate surface area is 130 Å². The summed E-state index contributed by atoms with van der Waals surface area (Å²) in [6, 6.07) is 0. The average molecular weight is 308 g/mol. The van der Waals surface area contributed by atoms with Crippen LogP contribution in [0.15, 0.2) is 18.7 Å². The molecule has 3 fully saturated rings. The molecule has 6 nitrogen and oxygen atoms in total. The van der Waals surface area contributed by atoms with Crippen LogP contribution >= 0.6 is 0 Å². The molecule has 122 valence electrons. The summed E-state index contributed by atoms with van der Waals surface area (Å²) in [7, 11) is 0. The Kier molecular flexibility index (Phi) is 4.88. The minimum absolute atomic E-state index is 0.637. The van der Waals surface area contributed by atoms with Gasteiger partial charge < -0.3 is 14.8 Å². The number of aliphatic carboxylic acids is 2. The van der Waals surface area contributed by atoms with Gasteiger partial charge in [-0.2, -0.15) is 0 Å². The molecule has 22 heavy (non-hydrogen) atoms. The molecule has 0 spiro atoms. The summed E-state index contributed by atoms with van der Waals surface area (Å²) in [6.45, 7) is 6.12. The maximum absolute atomic E-state index is 9.10. The van der Waals surface area contributed by atoms with Crippen LogP contribution in [0.5, 0.6) is 0 Å². The number of hydrogen-bond donors (Lipinski definition) is 2. The van der Waals surface area contributed by atoms with E-state index in [1.807, 2.05) is 12.5 Å². The van der Waals surface area contributed by atoms with Crippen molar-refractivity contribution in [2.45, 2.75) is 46.1 Å². The number of rotatable bonds is 3. The fourth-order valence-corrected chi connectivity index (χ4v) is 4.04. The molecule has 0 aliphatic heterocycles. The molecule has 2 bridgehead atoms. The first kappa shape index (κ1) is 16.5. The zero-order chi connectivity index (χ0) is 16.3. The van der Waals surface area contributed by atoms with Crippen molar-refractivity contribution in [1.29, 1.82) is 0 Å². The topological polar surface area (TPSA) is 92.4 Å². The van der Waals surface area contributed by atoms with Crippen LogP contribution in [0, 0.1) is 23.2 Å². The Morgan fingerprint density at radius 3 is 2.41 bits per heavy atom. The van der Waals surface area contributed by atoms with E-state index >= 15 is 0 Å². The molecule has 6 heteroatoms. The lowest BCUT2D eigenvalue weighted by molar-refractivity contribution is -0.159. The van der Waals surface area contributed by atoms with Crippen molar-refractivity contribution in [3.8, 4) is 0 Å². The van der Waals surface area contributed by atoms with Crippen molar-refractivity contribution in [2.24, 2.45) is 23.2 Å². The van der Waals surface area contributed by atoms with Gasteiger partial charge in [0, 0.05) is 18.9 Å².